The Kier molecular flexibility index (Phi) is 3.27. The SMILES string of the molecule is CC12CCC(C1)C(C)(C)C2NCC(O)c1cccs1. The number of rotatable bonds is 4. The zero-order chi connectivity index (χ0) is 13.7. The predicted molar refractivity (Wildman–Crippen MR) is 80.3 cm³/mol. The molecular weight excluding hydrogens is 254 g/mol. The number of nitrogens with one attached hydrogen (secondary N) is 1. The van der Waals surface area contributed by atoms with E-state index in [0.717, 1.165) is 10.8 Å². The zero-order valence-electron chi connectivity index (χ0n) is 12.1. The van der Waals surface area contributed by atoms with Crippen LogP contribution in [0.15, 0.2) is 17.5 Å². The molecule has 1 aromatic heterocycles. The van der Waals surface area contributed by atoms with Gasteiger partial charge in [0.2, 0.25) is 0 Å². The van der Waals surface area contributed by atoms with Crippen molar-refractivity contribution in [3.05, 3.63) is 22.4 Å². The molecule has 2 nitrogen and oxygen atoms in total. The maximum absolute atomic E-state index is 10.2. The lowest BCUT2D eigenvalue weighted by molar-refractivity contribution is 0.0888. The number of fused-ring (bicyclic) bond motifs is 2. The van der Waals surface area contributed by atoms with E-state index in [-0.39, 0.29) is 6.10 Å². The van der Waals surface area contributed by atoms with Gasteiger partial charge in [-0.1, -0.05) is 26.8 Å². The summed E-state index contributed by atoms with van der Waals surface area (Å²) >= 11 is 1.64. The third-order valence-corrected chi connectivity index (χ3v) is 6.63. The average Bonchev–Trinajstić information content (AvgIpc) is 3.00. The molecule has 4 atom stereocenters. The summed E-state index contributed by atoms with van der Waals surface area (Å²) in [4.78, 5) is 1.07. The first-order valence-corrected chi connectivity index (χ1v) is 8.26. The van der Waals surface area contributed by atoms with E-state index in [9.17, 15) is 5.11 Å². The van der Waals surface area contributed by atoms with E-state index in [1.165, 1.54) is 19.3 Å². The van der Waals surface area contributed by atoms with Crippen molar-refractivity contribution in [3.8, 4) is 0 Å². The summed E-state index contributed by atoms with van der Waals surface area (Å²) in [5.74, 6) is 0.855. The zero-order valence-corrected chi connectivity index (χ0v) is 13.0. The fourth-order valence-electron chi connectivity index (χ4n) is 4.62. The van der Waals surface area contributed by atoms with Crippen molar-refractivity contribution >= 4 is 11.3 Å². The highest BCUT2D eigenvalue weighted by Crippen LogP contribution is 2.62. The third-order valence-electron chi connectivity index (χ3n) is 5.66. The van der Waals surface area contributed by atoms with Gasteiger partial charge in [-0.2, -0.15) is 0 Å². The molecule has 0 aromatic carbocycles. The first-order chi connectivity index (χ1) is 8.93. The Morgan fingerprint density at radius 3 is 2.84 bits per heavy atom. The second kappa shape index (κ2) is 4.57. The minimum atomic E-state index is -0.362. The van der Waals surface area contributed by atoms with Crippen molar-refractivity contribution in [3.63, 3.8) is 0 Å². The summed E-state index contributed by atoms with van der Waals surface area (Å²) in [6.07, 6.45) is 3.72. The van der Waals surface area contributed by atoms with Gasteiger partial charge >= 0.3 is 0 Å². The summed E-state index contributed by atoms with van der Waals surface area (Å²) in [6, 6.07) is 4.56. The molecule has 2 bridgehead atoms. The van der Waals surface area contributed by atoms with Crippen LogP contribution in [0.5, 0.6) is 0 Å². The smallest absolute Gasteiger partial charge is 0.101 e. The van der Waals surface area contributed by atoms with Crippen LogP contribution in [-0.4, -0.2) is 17.7 Å². The van der Waals surface area contributed by atoms with E-state index in [1.807, 2.05) is 17.5 Å². The monoisotopic (exact) mass is 279 g/mol. The van der Waals surface area contributed by atoms with Crippen LogP contribution in [-0.2, 0) is 0 Å². The van der Waals surface area contributed by atoms with E-state index in [0.29, 0.717) is 23.4 Å². The van der Waals surface area contributed by atoms with Crippen LogP contribution in [0.4, 0.5) is 0 Å². The lowest BCUT2D eigenvalue weighted by Crippen LogP contribution is -2.51. The quantitative estimate of drug-likeness (QED) is 0.883. The summed E-state index contributed by atoms with van der Waals surface area (Å²) in [5, 5.41) is 16.0. The van der Waals surface area contributed by atoms with Gasteiger partial charge in [-0.3, -0.25) is 0 Å². The fourth-order valence-corrected chi connectivity index (χ4v) is 5.33. The molecule has 4 unspecified atom stereocenters. The molecule has 3 rings (SSSR count). The van der Waals surface area contributed by atoms with Gasteiger partial charge < -0.3 is 10.4 Å². The number of aliphatic hydroxyl groups excluding tert-OH is 1. The van der Waals surface area contributed by atoms with Crippen molar-refractivity contribution < 1.29 is 5.11 Å². The van der Waals surface area contributed by atoms with Crippen LogP contribution in [0.3, 0.4) is 0 Å². The van der Waals surface area contributed by atoms with Crippen molar-refractivity contribution in [1.82, 2.24) is 5.32 Å². The normalized spacial score (nSPS) is 37.7. The topological polar surface area (TPSA) is 32.3 Å². The van der Waals surface area contributed by atoms with Crippen LogP contribution in [0, 0.1) is 16.7 Å². The van der Waals surface area contributed by atoms with Gasteiger partial charge in [-0.05, 0) is 47.5 Å². The van der Waals surface area contributed by atoms with E-state index in [2.05, 4.69) is 26.1 Å². The van der Waals surface area contributed by atoms with Crippen molar-refractivity contribution in [2.75, 3.05) is 6.54 Å². The predicted octanol–water partition coefficient (Wildman–Crippen LogP) is 3.59. The number of thiophene rings is 1. The summed E-state index contributed by atoms with van der Waals surface area (Å²) < 4.78 is 0. The van der Waals surface area contributed by atoms with E-state index >= 15 is 0 Å². The van der Waals surface area contributed by atoms with Gasteiger partial charge in [-0.15, -0.1) is 11.3 Å². The molecule has 2 aliphatic carbocycles. The second-order valence-corrected chi connectivity index (χ2v) is 8.27. The Hall–Kier alpha value is -0.380. The van der Waals surface area contributed by atoms with Gasteiger partial charge in [0.15, 0.2) is 0 Å². The molecule has 2 fully saturated rings. The van der Waals surface area contributed by atoms with Crippen LogP contribution < -0.4 is 5.32 Å². The fraction of sp³-hybridized carbons (Fsp3) is 0.750. The van der Waals surface area contributed by atoms with Crippen LogP contribution in [0.2, 0.25) is 0 Å². The lowest BCUT2D eigenvalue weighted by Gasteiger charge is -2.43. The average molecular weight is 279 g/mol. The number of aliphatic hydroxyl groups is 1. The third kappa shape index (κ3) is 2.16. The van der Waals surface area contributed by atoms with Gasteiger partial charge in [0.1, 0.15) is 6.10 Å². The second-order valence-electron chi connectivity index (χ2n) is 7.29. The first-order valence-electron chi connectivity index (χ1n) is 7.38. The molecule has 19 heavy (non-hydrogen) atoms. The number of hydrogen-bond donors (Lipinski definition) is 2. The summed E-state index contributed by atoms with van der Waals surface area (Å²) in [7, 11) is 0. The van der Waals surface area contributed by atoms with Crippen LogP contribution in [0.1, 0.15) is 51.0 Å². The molecular formula is C16H25NOS. The Bertz CT molecular complexity index is 437. The highest BCUT2D eigenvalue weighted by molar-refractivity contribution is 7.10. The summed E-state index contributed by atoms with van der Waals surface area (Å²) in [5.41, 5.74) is 0.797. The van der Waals surface area contributed by atoms with Gasteiger partial charge in [0.05, 0.1) is 0 Å². The molecule has 1 heterocycles. The van der Waals surface area contributed by atoms with Gasteiger partial charge in [0, 0.05) is 17.5 Å². The molecule has 0 amide bonds. The molecule has 0 saturated heterocycles. The Labute approximate surface area is 120 Å². The Morgan fingerprint density at radius 1 is 1.47 bits per heavy atom. The Balaban J connectivity index is 1.67. The molecule has 1 aromatic rings. The lowest BCUT2D eigenvalue weighted by atomic mass is 9.68. The van der Waals surface area contributed by atoms with Crippen molar-refractivity contribution in [2.24, 2.45) is 16.7 Å². The highest BCUT2D eigenvalue weighted by atomic mass is 32.1. The van der Waals surface area contributed by atoms with Crippen LogP contribution >= 0.6 is 11.3 Å². The highest BCUT2D eigenvalue weighted by Gasteiger charge is 2.58. The molecule has 0 spiro atoms. The molecule has 106 valence electrons. The Morgan fingerprint density at radius 2 is 2.26 bits per heavy atom. The molecule has 0 aliphatic heterocycles. The van der Waals surface area contributed by atoms with Crippen molar-refractivity contribution in [2.45, 2.75) is 52.2 Å². The van der Waals surface area contributed by atoms with Crippen LogP contribution in [0.25, 0.3) is 0 Å². The van der Waals surface area contributed by atoms with Gasteiger partial charge in [-0.25, -0.2) is 0 Å². The van der Waals surface area contributed by atoms with Crippen molar-refractivity contribution in [1.29, 1.82) is 0 Å². The minimum Gasteiger partial charge on any atom is -0.386 e. The maximum atomic E-state index is 10.2. The molecule has 3 heteroatoms. The largest absolute Gasteiger partial charge is 0.386 e. The first kappa shape index (κ1) is 13.6. The summed E-state index contributed by atoms with van der Waals surface area (Å²) in [6.45, 7) is 7.91. The van der Waals surface area contributed by atoms with E-state index in [1.54, 1.807) is 11.3 Å². The molecule has 2 saturated carbocycles. The standard InChI is InChI=1S/C16H25NOS/c1-15(2)11-6-7-16(3,9-11)14(15)17-10-12(18)13-5-4-8-19-13/h4-5,8,11-12,14,17-18H,6-7,9-10H2,1-3H3. The minimum absolute atomic E-state index is 0.362. The van der Waals surface area contributed by atoms with Gasteiger partial charge in [0.25, 0.3) is 0 Å². The molecule has 2 N–H and O–H groups in total. The molecule has 2 aliphatic rings. The maximum Gasteiger partial charge on any atom is 0.101 e. The molecule has 0 radical (unpaired) electrons. The van der Waals surface area contributed by atoms with E-state index < -0.39 is 0 Å². The number of hydrogen-bond acceptors (Lipinski definition) is 3. The van der Waals surface area contributed by atoms with E-state index in [4.69, 9.17) is 0 Å².